The number of ether oxygens (including phenoxy) is 2. The summed E-state index contributed by atoms with van der Waals surface area (Å²) in [6, 6.07) is 3.99. The summed E-state index contributed by atoms with van der Waals surface area (Å²) < 4.78 is 11.2. The van der Waals surface area contributed by atoms with Crippen molar-refractivity contribution >= 4 is 8.07 Å². The van der Waals surface area contributed by atoms with Crippen LogP contribution >= 0.6 is 0 Å². The van der Waals surface area contributed by atoms with Gasteiger partial charge in [-0.2, -0.15) is 4.98 Å². The van der Waals surface area contributed by atoms with E-state index in [2.05, 4.69) is 46.1 Å². The van der Waals surface area contributed by atoms with E-state index in [0.29, 0.717) is 30.1 Å². The van der Waals surface area contributed by atoms with Crippen LogP contribution in [0.2, 0.25) is 19.6 Å². The van der Waals surface area contributed by atoms with E-state index < -0.39 is 8.07 Å². The molecule has 2 aromatic heterocycles. The van der Waals surface area contributed by atoms with E-state index in [-0.39, 0.29) is 0 Å². The van der Waals surface area contributed by atoms with Crippen LogP contribution in [-0.2, 0) is 0 Å². The van der Waals surface area contributed by atoms with Crippen molar-refractivity contribution in [3.05, 3.63) is 41.6 Å². The van der Waals surface area contributed by atoms with Crippen LogP contribution in [0, 0.1) is 24.3 Å². The molecule has 2 heterocycles. The average molecular weight is 368 g/mol. The minimum Gasteiger partial charge on any atom is -0.495 e. The molecule has 0 aliphatic heterocycles. The monoisotopic (exact) mass is 367 g/mol. The molecule has 5 nitrogen and oxygen atoms in total. The zero-order valence-corrected chi connectivity index (χ0v) is 17.0. The molecule has 136 valence electrons. The number of hydrogen-bond donors (Lipinski definition) is 0. The van der Waals surface area contributed by atoms with Crippen LogP contribution in [0.15, 0.2) is 24.5 Å². The fourth-order valence-electron chi connectivity index (χ4n) is 2.61. The Morgan fingerprint density at radius 2 is 2.00 bits per heavy atom. The van der Waals surface area contributed by atoms with Gasteiger partial charge >= 0.3 is 0 Å². The number of pyridine rings is 1. The second-order valence-electron chi connectivity index (χ2n) is 7.67. The Kier molecular flexibility index (Phi) is 5.28. The maximum Gasteiger partial charge on any atom is 0.232 e. The summed E-state index contributed by atoms with van der Waals surface area (Å²) in [4.78, 5) is 13.2. The molecule has 2 aromatic rings. The average Bonchev–Trinajstić information content (AvgIpc) is 3.38. The molecule has 0 unspecified atom stereocenters. The molecule has 0 aromatic carbocycles. The summed E-state index contributed by atoms with van der Waals surface area (Å²) in [5.74, 6) is 6.20. The van der Waals surface area contributed by atoms with Gasteiger partial charge in [0.15, 0.2) is 0 Å². The van der Waals surface area contributed by atoms with Gasteiger partial charge in [0.2, 0.25) is 5.88 Å². The Labute approximate surface area is 156 Å². The van der Waals surface area contributed by atoms with Crippen molar-refractivity contribution in [3.8, 4) is 23.1 Å². The van der Waals surface area contributed by atoms with Crippen molar-refractivity contribution in [2.45, 2.75) is 38.9 Å². The Balaban J connectivity index is 1.64. The number of nitrogens with zero attached hydrogens (tertiary/aromatic N) is 3. The van der Waals surface area contributed by atoms with E-state index in [4.69, 9.17) is 9.47 Å². The fourth-order valence-corrected chi connectivity index (χ4v) is 3.12. The molecule has 1 aliphatic carbocycles. The van der Waals surface area contributed by atoms with Crippen molar-refractivity contribution < 1.29 is 9.47 Å². The van der Waals surface area contributed by atoms with Crippen molar-refractivity contribution in [2.24, 2.45) is 5.92 Å². The minimum atomic E-state index is -1.46. The third-order valence-corrected chi connectivity index (χ3v) is 5.05. The molecule has 26 heavy (non-hydrogen) atoms. The molecule has 0 amide bonds. The van der Waals surface area contributed by atoms with Gasteiger partial charge in [-0.1, -0.05) is 25.6 Å². The van der Waals surface area contributed by atoms with Gasteiger partial charge in [0.1, 0.15) is 25.2 Å². The number of aromatic nitrogens is 3. The van der Waals surface area contributed by atoms with E-state index in [1.165, 1.54) is 0 Å². The van der Waals surface area contributed by atoms with Crippen LogP contribution in [0.3, 0.4) is 0 Å². The van der Waals surface area contributed by atoms with E-state index in [0.717, 1.165) is 23.4 Å². The Morgan fingerprint density at radius 1 is 1.19 bits per heavy atom. The van der Waals surface area contributed by atoms with Gasteiger partial charge in [-0.05, 0) is 25.5 Å². The number of aryl methyl sites for hydroxylation is 1. The first-order valence-electron chi connectivity index (χ1n) is 8.85. The van der Waals surface area contributed by atoms with Gasteiger partial charge in [0.25, 0.3) is 0 Å². The van der Waals surface area contributed by atoms with Crippen LogP contribution in [0.1, 0.15) is 29.4 Å². The van der Waals surface area contributed by atoms with Crippen molar-refractivity contribution in [1.29, 1.82) is 0 Å². The molecule has 1 aliphatic rings. The zero-order valence-electron chi connectivity index (χ0n) is 16.0. The van der Waals surface area contributed by atoms with E-state index >= 15 is 0 Å². The summed E-state index contributed by atoms with van der Waals surface area (Å²) in [5, 5.41) is 0. The van der Waals surface area contributed by atoms with Gasteiger partial charge in [-0.3, -0.25) is 4.98 Å². The largest absolute Gasteiger partial charge is 0.495 e. The standard InChI is InChI=1S/C20H25N3O2Si/c1-14-21-11-15(8-9-26(3,4)5)20(23-14)25-13-16-10-18(16)19-7-6-17(24-2)12-22-19/h6-7,11-12,16,18H,10,13H2,1-5H3/t16-,18+/m1/s1. The molecular formula is C20H25N3O2Si. The highest BCUT2D eigenvalue weighted by Crippen LogP contribution is 2.46. The zero-order chi connectivity index (χ0) is 18.7. The maximum atomic E-state index is 6.01. The summed E-state index contributed by atoms with van der Waals surface area (Å²) >= 11 is 0. The highest BCUT2D eigenvalue weighted by Gasteiger charge is 2.40. The molecule has 1 saturated carbocycles. The predicted octanol–water partition coefficient (Wildman–Crippen LogP) is 3.60. The van der Waals surface area contributed by atoms with Crippen LogP contribution < -0.4 is 9.47 Å². The topological polar surface area (TPSA) is 57.1 Å². The van der Waals surface area contributed by atoms with Crippen molar-refractivity contribution in [2.75, 3.05) is 13.7 Å². The molecule has 0 radical (unpaired) electrons. The maximum absolute atomic E-state index is 6.01. The molecule has 6 heteroatoms. The lowest BCUT2D eigenvalue weighted by molar-refractivity contribution is 0.283. The number of methoxy groups -OCH3 is 1. The van der Waals surface area contributed by atoms with Gasteiger partial charge in [-0.15, -0.1) is 5.54 Å². The van der Waals surface area contributed by atoms with E-state index in [9.17, 15) is 0 Å². The predicted molar refractivity (Wildman–Crippen MR) is 104 cm³/mol. The van der Waals surface area contributed by atoms with Crippen molar-refractivity contribution in [1.82, 2.24) is 15.0 Å². The molecule has 0 N–H and O–H groups in total. The first-order chi connectivity index (χ1) is 12.4. The van der Waals surface area contributed by atoms with E-state index in [1.54, 1.807) is 19.5 Å². The molecule has 0 bridgehead atoms. The fraction of sp³-hybridized carbons (Fsp3) is 0.450. The second-order valence-corrected chi connectivity index (χ2v) is 12.4. The highest BCUT2D eigenvalue weighted by atomic mass is 28.3. The number of hydrogen-bond acceptors (Lipinski definition) is 5. The first-order valence-corrected chi connectivity index (χ1v) is 12.4. The lowest BCUT2D eigenvalue weighted by Gasteiger charge is -2.08. The van der Waals surface area contributed by atoms with Crippen LogP contribution in [0.25, 0.3) is 0 Å². The van der Waals surface area contributed by atoms with Crippen LogP contribution in [0.5, 0.6) is 11.6 Å². The van der Waals surface area contributed by atoms with Crippen LogP contribution in [-0.4, -0.2) is 36.7 Å². The van der Waals surface area contributed by atoms with Gasteiger partial charge < -0.3 is 9.47 Å². The molecule has 1 fully saturated rings. The SMILES string of the molecule is COc1ccc([C@H]2C[C@@H]2COc2nc(C)ncc2C#C[Si](C)(C)C)nc1. The summed E-state index contributed by atoms with van der Waals surface area (Å²) in [6.45, 7) is 9.13. The highest BCUT2D eigenvalue weighted by molar-refractivity contribution is 6.83. The summed E-state index contributed by atoms with van der Waals surface area (Å²) in [5.41, 5.74) is 5.22. The van der Waals surface area contributed by atoms with Gasteiger partial charge in [-0.25, -0.2) is 4.98 Å². The Hall–Kier alpha value is -2.39. The van der Waals surface area contributed by atoms with Gasteiger partial charge in [0.05, 0.1) is 26.1 Å². The van der Waals surface area contributed by atoms with Crippen molar-refractivity contribution in [3.63, 3.8) is 0 Å². The number of rotatable bonds is 5. The third kappa shape index (κ3) is 4.83. The smallest absolute Gasteiger partial charge is 0.232 e. The summed E-state index contributed by atoms with van der Waals surface area (Å²) in [6.07, 6.45) is 4.61. The van der Waals surface area contributed by atoms with E-state index in [1.807, 2.05) is 19.1 Å². The minimum absolute atomic E-state index is 0.445. The first kappa shape index (κ1) is 18.4. The Bertz CT molecular complexity index is 835. The van der Waals surface area contributed by atoms with Gasteiger partial charge in [0, 0.05) is 17.5 Å². The lowest BCUT2D eigenvalue weighted by Crippen LogP contribution is -2.16. The molecule has 2 atom stereocenters. The third-order valence-electron chi connectivity index (χ3n) is 4.18. The van der Waals surface area contributed by atoms with Crippen LogP contribution in [0.4, 0.5) is 0 Å². The lowest BCUT2D eigenvalue weighted by atomic mass is 10.2. The molecular weight excluding hydrogens is 342 g/mol. The normalized spacial score (nSPS) is 18.7. The molecule has 3 rings (SSSR count). The molecule has 0 spiro atoms. The Morgan fingerprint density at radius 3 is 2.65 bits per heavy atom. The molecule has 0 saturated heterocycles. The summed E-state index contributed by atoms with van der Waals surface area (Å²) in [7, 11) is 0.187. The second kappa shape index (κ2) is 7.46. The quantitative estimate of drug-likeness (QED) is 0.597.